The summed E-state index contributed by atoms with van der Waals surface area (Å²) in [6, 6.07) is 11.3. The molecule has 1 aromatic carbocycles. The van der Waals surface area contributed by atoms with Crippen molar-refractivity contribution in [1.82, 2.24) is 15.0 Å². The normalized spacial score (nSPS) is 10.9. The number of nitrogens with one attached hydrogen (secondary N) is 1. The van der Waals surface area contributed by atoms with E-state index in [1.165, 1.54) is 0 Å². The fourth-order valence-electron chi connectivity index (χ4n) is 2.04. The third kappa shape index (κ3) is 3.41. The molecule has 0 saturated heterocycles. The number of thioether (sulfide) groups is 1. The van der Waals surface area contributed by atoms with Crippen LogP contribution in [0.4, 0.5) is 0 Å². The molecule has 0 spiro atoms. The molecule has 5 nitrogen and oxygen atoms in total. The van der Waals surface area contributed by atoms with Crippen molar-refractivity contribution in [2.75, 3.05) is 0 Å². The number of fused-ring (bicyclic) bond motifs is 1. The maximum atomic E-state index is 10.7. The standard InChI is InChI=1S/C15H13N3O2S/c19-15(20)8-10-4-5-11-12(7-10)18-13(17-11)9-21-14-3-1-2-6-16-14/h1-7H,8-9H2,(H,17,18)(H,19,20). The highest BCUT2D eigenvalue weighted by molar-refractivity contribution is 7.98. The van der Waals surface area contributed by atoms with Gasteiger partial charge in [0.25, 0.3) is 0 Å². The van der Waals surface area contributed by atoms with Crippen LogP contribution in [0, 0.1) is 0 Å². The molecule has 6 heteroatoms. The molecule has 0 radical (unpaired) electrons. The molecule has 0 saturated carbocycles. The van der Waals surface area contributed by atoms with Gasteiger partial charge in [-0.3, -0.25) is 4.79 Å². The van der Waals surface area contributed by atoms with Crippen LogP contribution in [0.2, 0.25) is 0 Å². The lowest BCUT2D eigenvalue weighted by molar-refractivity contribution is -0.136. The maximum absolute atomic E-state index is 10.7. The Bertz CT molecular complexity index is 771. The number of carbonyl (C=O) groups is 1. The Labute approximate surface area is 125 Å². The van der Waals surface area contributed by atoms with E-state index in [0.29, 0.717) is 5.75 Å². The molecule has 0 aliphatic heterocycles. The minimum atomic E-state index is -0.834. The molecule has 2 heterocycles. The van der Waals surface area contributed by atoms with E-state index in [2.05, 4.69) is 15.0 Å². The van der Waals surface area contributed by atoms with Gasteiger partial charge in [0.15, 0.2) is 0 Å². The number of hydrogen-bond acceptors (Lipinski definition) is 4. The Balaban J connectivity index is 1.76. The van der Waals surface area contributed by atoms with Gasteiger partial charge < -0.3 is 10.1 Å². The molecule has 0 unspecified atom stereocenters. The average Bonchev–Trinajstić information content (AvgIpc) is 2.88. The second-order valence-electron chi connectivity index (χ2n) is 4.56. The van der Waals surface area contributed by atoms with Crippen LogP contribution in [0.5, 0.6) is 0 Å². The van der Waals surface area contributed by atoms with Crippen LogP contribution in [0.3, 0.4) is 0 Å². The third-order valence-electron chi connectivity index (χ3n) is 2.95. The van der Waals surface area contributed by atoms with Crippen molar-refractivity contribution < 1.29 is 9.90 Å². The van der Waals surface area contributed by atoms with E-state index >= 15 is 0 Å². The lowest BCUT2D eigenvalue weighted by Crippen LogP contribution is -1.99. The number of H-pyrrole nitrogens is 1. The Morgan fingerprint density at radius 1 is 1.29 bits per heavy atom. The first-order valence-corrected chi connectivity index (χ1v) is 7.42. The first-order valence-electron chi connectivity index (χ1n) is 6.44. The Morgan fingerprint density at radius 2 is 2.19 bits per heavy atom. The summed E-state index contributed by atoms with van der Waals surface area (Å²) < 4.78 is 0. The second-order valence-corrected chi connectivity index (χ2v) is 5.56. The number of carboxylic acid groups (broad SMARTS) is 1. The van der Waals surface area contributed by atoms with E-state index in [-0.39, 0.29) is 6.42 Å². The van der Waals surface area contributed by atoms with Crippen molar-refractivity contribution in [3.05, 3.63) is 54.0 Å². The van der Waals surface area contributed by atoms with E-state index < -0.39 is 5.97 Å². The van der Waals surface area contributed by atoms with Gasteiger partial charge in [0.1, 0.15) is 5.82 Å². The van der Waals surface area contributed by atoms with Crippen LogP contribution in [-0.4, -0.2) is 26.0 Å². The SMILES string of the molecule is O=C(O)Cc1ccc2nc(CSc3ccccn3)[nH]c2c1. The van der Waals surface area contributed by atoms with Gasteiger partial charge in [0.05, 0.1) is 28.2 Å². The zero-order chi connectivity index (χ0) is 14.7. The van der Waals surface area contributed by atoms with Crippen molar-refractivity contribution in [2.45, 2.75) is 17.2 Å². The van der Waals surface area contributed by atoms with Crippen molar-refractivity contribution in [3.63, 3.8) is 0 Å². The molecular formula is C15H13N3O2S. The third-order valence-corrected chi connectivity index (χ3v) is 3.90. The highest BCUT2D eigenvalue weighted by Gasteiger charge is 2.06. The molecule has 21 heavy (non-hydrogen) atoms. The summed E-state index contributed by atoms with van der Waals surface area (Å²) >= 11 is 1.60. The van der Waals surface area contributed by atoms with E-state index in [0.717, 1.165) is 27.4 Å². The number of carboxylic acids is 1. The molecular weight excluding hydrogens is 286 g/mol. The molecule has 2 N–H and O–H groups in total. The molecule has 0 aliphatic rings. The second kappa shape index (κ2) is 5.97. The van der Waals surface area contributed by atoms with Gasteiger partial charge in [-0.05, 0) is 29.8 Å². The number of aliphatic carboxylic acids is 1. The van der Waals surface area contributed by atoms with Crippen molar-refractivity contribution >= 4 is 28.8 Å². The molecule has 106 valence electrons. The number of hydrogen-bond donors (Lipinski definition) is 2. The fourth-order valence-corrected chi connectivity index (χ4v) is 2.77. The molecule has 0 bridgehead atoms. The maximum Gasteiger partial charge on any atom is 0.307 e. The van der Waals surface area contributed by atoms with Crippen molar-refractivity contribution in [1.29, 1.82) is 0 Å². The molecule has 0 aliphatic carbocycles. The molecule has 2 aromatic heterocycles. The highest BCUT2D eigenvalue weighted by atomic mass is 32.2. The van der Waals surface area contributed by atoms with E-state index in [1.54, 1.807) is 24.0 Å². The average molecular weight is 299 g/mol. The van der Waals surface area contributed by atoms with Crippen molar-refractivity contribution in [3.8, 4) is 0 Å². The van der Waals surface area contributed by atoms with Crippen molar-refractivity contribution in [2.24, 2.45) is 0 Å². The predicted octanol–water partition coefficient (Wildman–Crippen LogP) is 2.88. The minimum Gasteiger partial charge on any atom is -0.481 e. The Morgan fingerprint density at radius 3 is 2.95 bits per heavy atom. The van der Waals surface area contributed by atoms with Crippen LogP contribution in [0.15, 0.2) is 47.6 Å². The van der Waals surface area contributed by atoms with Gasteiger partial charge in [-0.2, -0.15) is 0 Å². The zero-order valence-corrected chi connectivity index (χ0v) is 11.9. The minimum absolute atomic E-state index is 0.0208. The number of rotatable bonds is 5. The van der Waals surface area contributed by atoms with Gasteiger partial charge in [0, 0.05) is 6.20 Å². The van der Waals surface area contributed by atoms with Crippen LogP contribution in [0.25, 0.3) is 11.0 Å². The molecule has 0 fully saturated rings. The topological polar surface area (TPSA) is 78.9 Å². The van der Waals surface area contributed by atoms with E-state index in [4.69, 9.17) is 5.11 Å². The quantitative estimate of drug-likeness (QED) is 0.708. The highest BCUT2D eigenvalue weighted by Crippen LogP contribution is 2.21. The molecule has 3 rings (SSSR count). The largest absolute Gasteiger partial charge is 0.481 e. The summed E-state index contributed by atoms with van der Waals surface area (Å²) in [4.78, 5) is 22.7. The predicted molar refractivity (Wildman–Crippen MR) is 81.2 cm³/mol. The fraction of sp³-hybridized carbons (Fsp3) is 0.133. The van der Waals surface area contributed by atoms with Crippen LogP contribution >= 0.6 is 11.8 Å². The van der Waals surface area contributed by atoms with Crippen LogP contribution in [0.1, 0.15) is 11.4 Å². The summed E-state index contributed by atoms with van der Waals surface area (Å²) in [5.41, 5.74) is 2.48. The summed E-state index contributed by atoms with van der Waals surface area (Å²) in [7, 11) is 0. The lowest BCUT2D eigenvalue weighted by Gasteiger charge is -1.96. The van der Waals surface area contributed by atoms with Crippen LogP contribution in [-0.2, 0) is 17.0 Å². The Hall–Kier alpha value is -2.34. The number of aromatic amines is 1. The molecule has 0 atom stereocenters. The van der Waals surface area contributed by atoms with Gasteiger partial charge >= 0.3 is 5.97 Å². The first-order chi connectivity index (χ1) is 10.2. The van der Waals surface area contributed by atoms with E-state index in [1.807, 2.05) is 30.3 Å². The number of aromatic nitrogens is 3. The zero-order valence-electron chi connectivity index (χ0n) is 11.1. The summed E-state index contributed by atoms with van der Waals surface area (Å²) in [5, 5.41) is 9.77. The number of benzene rings is 1. The Kier molecular flexibility index (Phi) is 3.87. The van der Waals surface area contributed by atoms with Gasteiger partial charge in [0.2, 0.25) is 0 Å². The van der Waals surface area contributed by atoms with Gasteiger partial charge in [-0.25, -0.2) is 9.97 Å². The van der Waals surface area contributed by atoms with Gasteiger partial charge in [-0.1, -0.05) is 23.9 Å². The smallest absolute Gasteiger partial charge is 0.307 e. The summed E-state index contributed by atoms with van der Waals surface area (Å²) in [6.45, 7) is 0. The summed E-state index contributed by atoms with van der Waals surface area (Å²) in [6.07, 6.45) is 1.78. The molecule has 0 amide bonds. The summed E-state index contributed by atoms with van der Waals surface area (Å²) in [5.74, 6) is 0.716. The number of nitrogens with zero attached hydrogens (tertiary/aromatic N) is 2. The lowest BCUT2D eigenvalue weighted by atomic mass is 10.1. The van der Waals surface area contributed by atoms with Crippen LogP contribution < -0.4 is 0 Å². The molecule has 3 aromatic rings. The van der Waals surface area contributed by atoms with Gasteiger partial charge in [-0.15, -0.1) is 0 Å². The number of pyridine rings is 1. The van der Waals surface area contributed by atoms with E-state index in [9.17, 15) is 4.79 Å². The number of imidazole rings is 1. The monoisotopic (exact) mass is 299 g/mol. The first kappa shape index (κ1) is 13.6.